The topological polar surface area (TPSA) is 84.4 Å². The fourth-order valence-corrected chi connectivity index (χ4v) is 3.64. The monoisotopic (exact) mass is 404 g/mol. The number of nitrogens with one attached hydrogen (secondary N) is 1. The number of ether oxygens (including phenoxy) is 1. The number of aromatic nitrogens is 2. The molecule has 30 heavy (non-hydrogen) atoms. The summed E-state index contributed by atoms with van der Waals surface area (Å²) in [5.74, 6) is -0.432. The van der Waals surface area contributed by atoms with Gasteiger partial charge < -0.3 is 15.0 Å². The summed E-state index contributed by atoms with van der Waals surface area (Å²) in [6.45, 7) is 5.49. The second-order valence-corrected chi connectivity index (χ2v) is 7.30. The molecule has 2 aromatic heterocycles. The first-order valence-corrected chi connectivity index (χ1v) is 10.2. The third-order valence-electron chi connectivity index (χ3n) is 5.14. The number of amides is 1. The summed E-state index contributed by atoms with van der Waals surface area (Å²) in [6, 6.07) is 10.9. The van der Waals surface area contributed by atoms with Gasteiger partial charge in [0.15, 0.2) is 5.65 Å². The lowest BCUT2D eigenvalue weighted by molar-refractivity contribution is 0.0526. The number of hydrogen-bond acceptors (Lipinski definition) is 6. The predicted molar refractivity (Wildman–Crippen MR) is 115 cm³/mol. The van der Waals surface area contributed by atoms with Crippen molar-refractivity contribution in [2.45, 2.75) is 26.7 Å². The van der Waals surface area contributed by atoms with Crippen LogP contribution < -0.4 is 5.32 Å². The Morgan fingerprint density at radius 3 is 2.73 bits per heavy atom. The fraction of sp³-hybridized carbons (Fsp3) is 0.304. The van der Waals surface area contributed by atoms with Crippen LogP contribution in [0.15, 0.2) is 42.6 Å². The van der Waals surface area contributed by atoms with Crippen molar-refractivity contribution in [3.63, 3.8) is 0 Å². The average molecular weight is 404 g/mol. The Labute approximate surface area is 175 Å². The third-order valence-corrected chi connectivity index (χ3v) is 5.14. The van der Waals surface area contributed by atoms with Crippen molar-refractivity contribution in [3.8, 4) is 0 Å². The van der Waals surface area contributed by atoms with E-state index in [0.29, 0.717) is 34.8 Å². The van der Waals surface area contributed by atoms with E-state index in [1.807, 2.05) is 30.0 Å². The highest BCUT2D eigenvalue weighted by Gasteiger charge is 2.24. The molecule has 7 heteroatoms. The molecule has 0 spiro atoms. The first-order valence-electron chi connectivity index (χ1n) is 10.2. The van der Waals surface area contributed by atoms with Crippen molar-refractivity contribution in [1.82, 2.24) is 14.9 Å². The van der Waals surface area contributed by atoms with Gasteiger partial charge in [0.25, 0.3) is 5.91 Å². The number of carbonyl (C=O) groups excluding carboxylic acids is 2. The third kappa shape index (κ3) is 3.96. The van der Waals surface area contributed by atoms with Crippen LogP contribution in [0.3, 0.4) is 0 Å². The van der Waals surface area contributed by atoms with Gasteiger partial charge in [-0.05, 0) is 57.0 Å². The summed E-state index contributed by atoms with van der Waals surface area (Å²) < 4.78 is 5.10. The van der Waals surface area contributed by atoms with Crippen LogP contribution in [-0.4, -0.2) is 46.4 Å². The maximum Gasteiger partial charge on any atom is 0.338 e. The lowest BCUT2D eigenvalue weighted by Gasteiger charge is -2.19. The molecule has 4 rings (SSSR count). The Kier molecular flexibility index (Phi) is 5.61. The molecule has 0 unspecified atom stereocenters. The van der Waals surface area contributed by atoms with Crippen LogP contribution in [0.4, 0.5) is 11.4 Å². The Morgan fingerprint density at radius 1 is 1.17 bits per heavy atom. The van der Waals surface area contributed by atoms with Crippen LogP contribution in [0.25, 0.3) is 11.0 Å². The number of benzene rings is 1. The van der Waals surface area contributed by atoms with Crippen molar-refractivity contribution < 1.29 is 14.3 Å². The normalized spacial score (nSPS) is 13.5. The molecule has 154 valence electrons. The quantitative estimate of drug-likeness (QED) is 0.645. The van der Waals surface area contributed by atoms with Crippen LogP contribution in [0.2, 0.25) is 0 Å². The number of aryl methyl sites for hydroxylation is 1. The first-order chi connectivity index (χ1) is 14.6. The minimum atomic E-state index is -0.383. The van der Waals surface area contributed by atoms with Crippen LogP contribution in [0, 0.1) is 6.92 Å². The first kappa shape index (κ1) is 19.8. The number of esters is 1. The second kappa shape index (κ2) is 8.49. The van der Waals surface area contributed by atoms with Gasteiger partial charge in [0.2, 0.25) is 0 Å². The zero-order chi connectivity index (χ0) is 21.1. The molecule has 1 amide bonds. The summed E-state index contributed by atoms with van der Waals surface area (Å²) in [4.78, 5) is 36.1. The molecule has 1 saturated heterocycles. The number of rotatable bonds is 5. The van der Waals surface area contributed by atoms with Crippen LogP contribution in [0.5, 0.6) is 0 Å². The van der Waals surface area contributed by atoms with Gasteiger partial charge >= 0.3 is 5.97 Å². The van der Waals surface area contributed by atoms with Crippen molar-refractivity contribution >= 4 is 34.3 Å². The van der Waals surface area contributed by atoms with Crippen molar-refractivity contribution in [2.75, 3.05) is 25.0 Å². The van der Waals surface area contributed by atoms with Gasteiger partial charge in [0.1, 0.15) is 0 Å². The Hall–Kier alpha value is -3.48. The zero-order valence-electron chi connectivity index (χ0n) is 17.1. The molecule has 1 aliphatic rings. The van der Waals surface area contributed by atoms with E-state index in [4.69, 9.17) is 4.74 Å². The average Bonchev–Trinajstić information content (AvgIpc) is 3.28. The van der Waals surface area contributed by atoms with E-state index in [1.165, 1.54) is 0 Å². The molecular formula is C23H24N4O3. The number of fused-ring (bicyclic) bond motifs is 1. The van der Waals surface area contributed by atoms with Crippen LogP contribution in [0.1, 0.15) is 46.2 Å². The molecule has 3 aromatic rings. The van der Waals surface area contributed by atoms with Crippen LogP contribution in [-0.2, 0) is 4.74 Å². The number of hydrogen-bond donors (Lipinski definition) is 1. The van der Waals surface area contributed by atoms with E-state index in [-0.39, 0.29) is 11.9 Å². The Bertz CT molecular complexity index is 1110. The lowest BCUT2D eigenvalue weighted by atomic mass is 10.1. The van der Waals surface area contributed by atoms with E-state index in [2.05, 4.69) is 15.3 Å². The summed E-state index contributed by atoms with van der Waals surface area (Å²) >= 11 is 0. The summed E-state index contributed by atoms with van der Waals surface area (Å²) in [7, 11) is 0. The molecule has 0 bridgehead atoms. The molecule has 1 aliphatic heterocycles. The number of nitrogens with zero attached hydrogens (tertiary/aromatic N) is 3. The second-order valence-electron chi connectivity index (χ2n) is 7.30. The molecule has 1 aromatic carbocycles. The number of likely N-dealkylation sites (tertiary alicyclic amines) is 1. The van der Waals surface area contributed by atoms with E-state index in [9.17, 15) is 9.59 Å². The predicted octanol–water partition coefficient (Wildman–Crippen LogP) is 4.09. The molecule has 0 radical (unpaired) electrons. The molecular weight excluding hydrogens is 380 g/mol. The molecule has 0 saturated carbocycles. The molecule has 0 atom stereocenters. The number of pyridine rings is 2. The number of carbonyl (C=O) groups is 2. The zero-order valence-corrected chi connectivity index (χ0v) is 17.1. The highest BCUT2D eigenvalue weighted by Crippen LogP contribution is 2.30. The fourth-order valence-electron chi connectivity index (χ4n) is 3.64. The standard InChI is InChI=1S/C23H24N4O3/c1-3-30-23(29)16-7-6-8-17(13-16)26-20-18-10-9-15(2)25-21(18)24-14-19(20)22(28)27-11-4-5-12-27/h6-10,13-14H,3-5,11-12H2,1-2H3,(H,24,25,26). The van der Waals surface area contributed by atoms with E-state index >= 15 is 0 Å². The highest BCUT2D eigenvalue weighted by molar-refractivity contribution is 6.07. The van der Waals surface area contributed by atoms with Gasteiger partial charge in [0, 0.05) is 36.1 Å². The molecule has 0 aliphatic carbocycles. The maximum absolute atomic E-state index is 13.2. The minimum absolute atomic E-state index is 0.0495. The molecule has 1 fully saturated rings. The molecule has 1 N–H and O–H groups in total. The van der Waals surface area contributed by atoms with Gasteiger partial charge in [-0.3, -0.25) is 4.79 Å². The Morgan fingerprint density at radius 2 is 1.97 bits per heavy atom. The van der Waals surface area contributed by atoms with Crippen molar-refractivity contribution in [3.05, 3.63) is 59.4 Å². The summed E-state index contributed by atoms with van der Waals surface area (Å²) in [5.41, 5.74) is 3.69. The number of anilines is 2. The van der Waals surface area contributed by atoms with Crippen molar-refractivity contribution in [1.29, 1.82) is 0 Å². The lowest BCUT2D eigenvalue weighted by Crippen LogP contribution is -2.28. The smallest absolute Gasteiger partial charge is 0.338 e. The maximum atomic E-state index is 13.2. The van der Waals surface area contributed by atoms with E-state index < -0.39 is 0 Å². The van der Waals surface area contributed by atoms with Gasteiger partial charge in [-0.25, -0.2) is 14.8 Å². The van der Waals surface area contributed by atoms with Gasteiger partial charge in [-0.15, -0.1) is 0 Å². The van der Waals surface area contributed by atoms with E-state index in [1.54, 1.807) is 31.3 Å². The minimum Gasteiger partial charge on any atom is -0.462 e. The highest BCUT2D eigenvalue weighted by atomic mass is 16.5. The van der Waals surface area contributed by atoms with Gasteiger partial charge in [0.05, 0.1) is 23.4 Å². The summed E-state index contributed by atoms with van der Waals surface area (Å²) in [5, 5.41) is 4.10. The van der Waals surface area contributed by atoms with Crippen LogP contribution >= 0.6 is 0 Å². The summed E-state index contributed by atoms with van der Waals surface area (Å²) in [6.07, 6.45) is 3.61. The van der Waals surface area contributed by atoms with Gasteiger partial charge in [-0.1, -0.05) is 6.07 Å². The van der Waals surface area contributed by atoms with E-state index in [0.717, 1.165) is 37.0 Å². The largest absolute Gasteiger partial charge is 0.462 e. The van der Waals surface area contributed by atoms with Crippen molar-refractivity contribution in [2.24, 2.45) is 0 Å². The SMILES string of the molecule is CCOC(=O)c1cccc(Nc2c(C(=O)N3CCCC3)cnc3nc(C)ccc23)c1. The molecule has 7 nitrogen and oxygen atoms in total. The molecule has 3 heterocycles. The Balaban J connectivity index is 1.78. The van der Waals surface area contributed by atoms with Gasteiger partial charge in [-0.2, -0.15) is 0 Å².